The number of allylic oxidation sites excluding steroid dienone is 1. The highest BCUT2D eigenvalue weighted by Crippen LogP contribution is 2.36. The zero-order valence-electron chi connectivity index (χ0n) is 20.4. The summed E-state index contributed by atoms with van der Waals surface area (Å²) in [6, 6.07) is 12.2. The minimum absolute atomic E-state index is 0.0934. The molecule has 36 heavy (non-hydrogen) atoms. The second-order valence-corrected chi connectivity index (χ2v) is 9.63. The lowest BCUT2D eigenvalue weighted by molar-refractivity contribution is -0.139. The van der Waals surface area contributed by atoms with Crippen LogP contribution in [-0.2, 0) is 9.53 Å². The second-order valence-electron chi connectivity index (χ2n) is 8.62. The van der Waals surface area contributed by atoms with E-state index in [1.165, 1.54) is 11.3 Å². The zero-order valence-corrected chi connectivity index (χ0v) is 21.3. The Morgan fingerprint density at radius 2 is 2.00 bits per heavy atom. The zero-order chi connectivity index (χ0) is 25.4. The minimum atomic E-state index is -0.742. The van der Waals surface area contributed by atoms with Crippen LogP contribution < -0.4 is 29.1 Å². The Hall–Kier alpha value is -3.85. The van der Waals surface area contributed by atoms with Gasteiger partial charge in [0.15, 0.2) is 16.3 Å². The Labute approximate surface area is 211 Å². The third-order valence-electron chi connectivity index (χ3n) is 5.79. The molecular weight excluding hydrogens is 480 g/mol. The van der Waals surface area contributed by atoms with Gasteiger partial charge in [0.1, 0.15) is 11.8 Å². The molecule has 5 rings (SSSR count). The SMILES string of the molecule is CCOC(=O)C1=C(C)N=c2sc(=Cc3ccc4c(c3)OCO4)c(=O)n2[C@@H]1c1ccccc1OC(C)C. The summed E-state index contributed by atoms with van der Waals surface area (Å²) in [5.74, 6) is 1.40. The summed E-state index contributed by atoms with van der Waals surface area (Å²) < 4.78 is 24.4. The first-order chi connectivity index (χ1) is 17.4. The Balaban J connectivity index is 1.71. The van der Waals surface area contributed by atoms with Crippen molar-refractivity contribution >= 4 is 23.4 Å². The largest absolute Gasteiger partial charge is 0.491 e. The first kappa shape index (κ1) is 23.9. The fourth-order valence-corrected chi connectivity index (χ4v) is 5.35. The summed E-state index contributed by atoms with van der Waals surface area (Å²) in [7, 11) is 0. The van der Waals surface area contributed by atoms with Crippen molar-refractivity contribution in [1.29, 1.82) is 0 Å². The summed E-state index contributed by atoms with van der Waals surface area (Å²) in [5.41, 5.74) is 2.06. The molecule has 0 unspecified atom stereocenters. The van der Waals surface area contributed by atoms with Crippen LogP contribution in [0.15, 0.2) is 63.5 Å². The number of thiazole rings is 1. The number of fused-ring (bicyclic) bond motifs is 2. The van der Waals surface area contributed by atoms with Crippen molar-refractivity contribution in [2.24, 2.45) is 4.99 Å². The molecule has 0 saturated carbocycles. The Morgan fingerprint density at radius 3 is 2.78 bits per heavy atom. The molecule has 1 aromatic heterocycles. The van der Waals surface area contributed by atoms with E-state index in [-0.39, 0.29) is 25.1 Å². The highest BCUT2D eigenvalue weighted by atomic mass is 32.1. The summed E-state index contributed by atoms with van der Waals surface area (Å²) >= 11 is 1.27. The number of hydrogen-bond acceptors (Lipinski definition) is 8. The van der Waals surface area contributed by atoms with E-state index in [1.54, 1.807) is 24.5 Å². The standard InChI is InChI=1S/C27H26N2O6S/c1-5-32-26(31)23-16(4)28-27-29(24(23)18-8-6-7-9-19(18)35-15(2)3)25(30)22(36-27)13-17-10-11-20-21(12-17)34-14-33-20/h6-13,15,24H,5,14H2,1-4H3/t24-/m1/s1. The van der Waals surface area contributed by atoms with Crippen molar-refractivity contribution in [3.63, 3.8) is 0 Å². The fraction of sp³-hybridized carbons (Fsp3) is 0.296. The van der Waals surface area contributed by atoms with E-state index in [0.29, 0.717) is 43.4 Å². The molecule has 0 spiro atoms. The van der Waals surface area contributed by atoms with Gasteiger partial charge in [0, 0.05) is 5.56 Å². The lowest BCUT2D eigenvalue weighted by atomic mass is 9.95. The molecule has 1 atom stereocenters. The van der Waals surface area contributed by atoms with E-state index in [4.69, 9.17) is 18.9 Å². The highest BCUT2D eigenvalue weighted by Gasteiger charge is 2.35. The van der Waals surface area contributed by atoms with E-state index < -0.39 is 12.0 Å². The molecule has 0 fully saturated rings. The number of ether oxygens (including phenoxy) is 4. The Kier molecular flexibility index (Phi) is 6.40. The third kappa shape index (κ3) is 4.30. The first-order valence-corrected chi connectivity index (χ1v) is 12.5. The number of hydrogen-bond donors (Lipinski definition) is 0. The molecule has 8 nitrogen and oxygen atoms in total. The molecular formula is C27H26N2O6S. The fourth-order valence-electron chi connectivity index (χ4n) is 4.31. The molecule has 0 N–H and O–H groups in total. The smallest absolute Gasteiger partial charge is 0.338 e. The molecule has 2 aliphatic heterocycles. The van der Waals surface area contributed by atoms with Gasteiger partial charge < -0.3 is 18.9 Å². The predicted molar refractivity (Wildman–Crippen MR) is 135 cm³/mol. The number of esters is 1. The summed E-state index contributed by atoms with van der Waals surface area (Å²) in [6.07, 6.45) is 1.70. The van der Waals surface area contributed by atoms with Gasteiger partial charge in [0.05, 0.1) is 28.5 Å². The van der Waals surface area contributed by atoms with Crippen LogP contribution in [0.1, 0.15) is 44.9 Å². The molecule has 3 aromatic rings. The maximum Gasteiger partial charge on any atom is 0.338 e. The summed E-state index contributed by atoms with van der Waals surface area (Å²) in [6.45, 7) is 7.76. The summed E-state index contributed by atoms with van der Waals surface area (Å²) in [5, 5.41) is 0. The second kappa shape index (κ2) is 9.66. The van der Waals surface area contributed by atoms with Crippen LogP contribution in [0.2, 0.25) is 0 Å². The van der Waals surface area contributed by atoms with Crippen LogP contribution in [-0.4, -0.2) is 30.0 Å². The average molecular weight is 507 g/mol. The molecule has 3 heterocycles. The van der Waals surface area contributed by atoms with Crippen molar-refractivity contribution in [2.45, 2.75) is 39.8 Å². The molecule has 0 bridgehead atoms. The molecule has 2 aromatic carbocycles. The quantitative estimate of drug-likeness (QED) is 0.477. The molecule has 0 aliphatic carbocycles. The summed E-state index contributed by atoms with van der Waals surface area (Å²) in [4.78, 5) is 32.1. The van der Waals surface area contributed by atoms with Crippen LogP contribution in [0.5, 0.6) is 17.2 Å². The number of aromatic nitrogens is 1. The minimum Gasteiger partial charge on any atom is -0.491 e. The van der Waals surface area contributed by atoms with Gasteiger partial charge in [-0.25, -0.2) is 9.79 Å². The Bertz CT molecular complexity index is 1550. The lowest BCUT2D eigenvalue weighted by Gasteiger charge is -2.26. The number of carbonyl (C=O) groups is 1. The van der Waals surface area contributed by atoms with E-state index in [2.05, 4.69) is 4.99 Å². The topological polar surface area (TPSA) is 88.4 Å². The van der Waals surface area contributed by atoms with Crippen molar-refractivity contribution in [2.75, 3.05) is 13.4 Å². The van der Waals surface area contributed by atoms with Gasteiger partial charge in [-0.3, -0.25) is 9.36 Å². The third-order valence-corrected chi connectivity index (χ3v) is 6.77. The van der Waals surface area contributed by atoms with Gasteiger partial charge in [0.2, 0.25) is 6.79 Å². The number of para-hydroxylation sites is 1. The van der Waals surface area contributed by atoms with Crippen LogP contribution in [0, 0.1) is 0 Å². The predicted octanol–water partition coefficient (Wildman–Crippen LogP) is 3.31. The van der Waals surface area contributed by atoms with Gasteiger partial charge >= 0.3 is 5.97 Å². The number of rotatable bonds is 6. The van der Waals surface area contributed by atoms with Gasteiger partial charge in [0.25, 0.3) is 5.56 Å². The average Bonchev–Trinajstić information content (AvgIpc) is 3.42. The van der Waals surface area contributed by atoms with Crippen LogP contribution in [0.4, 0.5) is 0 Å². The van der Waals surface area contributed by atoms with Gasteiger partial charge in [-0.05, 0) is 57.5 Å². The van der Waals surface area contributed by atoms with Gasteiger partial charge in [-0.15, -0.1) is 0 Å². The molecule has 9 heteroatoms. The highest BCUT2D eigenvalue weighted by molar-refractivity contribution is 7.07. The molecule has 0 radical (unpaired) electrons. The molecule has 2 aliphatic rings. The van der Waals surface area contributed by atoms with Crippen molar-refractivity contribution in [1.82, 2.24) is 4.57 Å². The maximum absolute atomic E-state index is 13.8. The molecule has 186 valence electrons. The lowest BCUT2D eigenvalue weighted by Crippen LogP contribution is -2.40. The van der Waals surface area contributed by atoms with Crippen molar-refractivity contribution < 1.29 is 23.7 Å². The van der Waals surface area contributed by atoms with E-state index >= 15 is 0 Å². The maximum atomic E-state index is 13.8. The van der Waals surface area contributed by atoms with Crippen LogP contribution >= 0.6 is 11.3 Å². The van der Waals surface area contributed by atoms with Crippen molar-refractivity contribution in [3.8, 4) is 17.2 Å². The Morgan fingerprint density at radius 1 is 1.22 bits per heavy atom. The number of benzene rings is 2. The first-order valence-electron chi connectivity index (χ1n) is 11.7. The molecule has 0 saturated heterocycles. The van der Waals surface area contributed by atoms with Crippen molar-refractivity contribution in [3.05, 3.63) is 84.5 Å². The normalized spacial score (nSPS) is 16.7. The molecule has 0 amide bonds. The van der Waals surface area contributed by atoms with Gasteiger partial charge in [-0.1, -0.05) is 35.6 Å². The van der Waals surface area contributed by atoms with Crippen LogP contribution in [0.25, 0.3) is 6.08 Å². The van der Waals surface area contributed by atoms with Gasteiger partial charge in [-0.2, -0.15) is 0 Å². The number of carbonyl (C=O) groups excluding carboxylic acids is 1. The van der Waals surface area contributed by atoms with Crippen LogP contribution in [0.3, 0.4) is 0 Å². The monoisotopic (exact) mass is 506 g/mol. The van der Waals surface area contributed by atoms with E-state index in [9.17, 15) is 9.59 Å². The van der Waals surface area contributed by atoms with E-state index in [0.717, 1.165) is 5.56 Å². The number of nitrogens with zero attached hydrogens (tertiary/aromatic N) is 2. The van der Waals surface area contributed by atoms with E-state index in [1.807, 2.05) is 56.3 Å².